The van der Waals surface area contributed by atoms with Crippen LogP contribution in [-0.2, 0) is 4.79 Å². The van der Waals surface area contributed by atoms with Gasteiger partial charge in [0, 0.05) is 22.0 Å². The molecule has 0 radical (unpaired) electrons. The standard InChI is InChI=1S/C13H14Br2N2O3/c1-13(11(18)19)4-5-17(7-13)12(20)16-10-3-2-8(14)6-9(10)15/h2-3,6H,4-5,7H2,1H3,(H,16,20)(H,18,19). The van der Waals surface area contributed by atoms with Gasteiger partial charge in [-0.25, -0.2) is 4.79 Å². The second kappa shape index (κ2) is 5.73. The van der Waals surface area contributed by atoms with Crippen LogP contribution >= 0.6 is 31.9 Å². The van der Waals surface area contributed by atoms with E-state index in [9.17, 15) is 9.59 Å². The number of anilines is 1. The highest BCUT2D eigenvalue weighted by Gasteiger charge is 2.42. The van der Waals surface area contributed by atoms with E-state index in [-0.39, 0.29) is 12.6 Å². The molecule has 1 saturated heterocycles. The number of amides is 2. The topological polar surface area (TPSA) is 69.6 Å². The van der Waals surface area contributed by atoms with Crippen molar-refractivity contribution in [2.75, 3.05) is 18.4 Å². The number of halogens is 2. The van der Waals surface area contributed by atoms with Gasteiger partial charge in [-0.2, -0.15) is 0 Å². The predicted molar refractivity (Wildman–Crippen MR) is 82.8 cm³/mol. The van der Waals surface area contributed by atoms with Gasteiger partial charge in [-0.05, 0) is 47.5 Å². The first kappa shape index (κ1) is 15.3. The third kappa shape index (κ3) is 3.15. The quantitative estimate of drug-likeness (QED) is 0.790. The van der Waals surface area contributed by atoms with Gasteiger partial charge in [0.15, 0.2) is 0 Å². The summed E-state index contributed by atoms with van der Waals surface area (Å²) >= 11 is 6.71. The van der Waals surface area contributed by atoms with E-state index < -0.39 is 11.4 Å². The van der Waals surface area contributed by atoms with Gasteiger partial charge in [-0.3, -0.25) is 4.79 Å². The molecule has 1 aliphatic heterocycles. The maximum absolute atomic E-state index is 12.2. The van der Waals surface area contributed by atoms with Crippen molar-refractivity contribution in [3.8, 4) is 0 Å². The molecule has 20 heavy (non-hydrogen) atoms. The van der Waals surface area contributed by atoms with E-state index in [4.69, 9.17) is 5.11 Å². The monoisotopic (exact) mass is 404 g/mol. The first-order chi connectivity index (χ1) is 9.32. The highest BCUT2D eigenvalue weighted by molar-refractivity contribution is 9.11. The van der Waals surface area contributed by atoms with E-state index in [1.807, 2.05) is 12.1 Å². The first-order valence-corrected chi connectivity index (χ1v) is 7.65. The Bertz CT molecular complexity index is 565. The Morgan fingerprint density at radius 3 is 2.65 bits per heavy atom. The van der Waals surface area contributed by atoms with Crippen LogP contribution in [-0.4, -0.2) is 35.1 Å². The van der Waals surface area contributed by atoms with Crippen molar-refractivity contribution in [2.24, 2.45) is 5.41 Å². The molecule has 0 spiro atoms. The lowest BCUT2D eigenvalue weighted by Crippen LogP contribution is -2.37. The molecule has 5 nitrogen and oxygen atoms in total. The predicted octanol–water partition coefficient (Wildman–Crippen LogP) is 3.54. The van der Waals surface area contributed by atoms with Crippen LogP contribution in [0.4, 0.5) is 10.5 Å². The van der Waals surface area contributed by atoms with E-state index in [0.29, 0.717) is 18.7 Å². The van der Waals surface area contributed by atoms with Crippen molar-refractivity contribution in [1.82, 2.24) is 4.90 Å². The largest absolute Gasteiger partial charge is 0.481 e. The summed E-state index contributed by atoms with van der Waals surface area (Å²) in [6, 6.07) is 5.16. The molecule has 1 unspecified atom stereocenters. The number of carbonyl (C=O) groups excluding carboxylic acids is 1. The van der Waals surface area contributed by atoms with Crippen LogP contribution in [0, 0.1) is 5.41 Å². The second-order valence-electron chi connectivity index (χ2n) is 5.09. The van der Waals surface area contributed by atoms with Crippen molar-refractivity contribution in [3.05, 3.63) is 27.1 Å². The van der Waals surface area contributed by atoms with Crippen LogP contribution in [0.2, 0.25) is 0 Å². The lowest BCUT2D eigenvalue weighted by molar-refractivity contribution is -0.146. The average molecular weight is 406 g/mol. The third-order valence-corrected chi connectivity index (χ3v) is 4.60. The van der Waals surface area contributed by atoms with Crippen molar-refractivity contribution in [2.45, 2.75) is 13.3 Å². The number of likely N-dealkylation sites (tertiary alicyclic amines) is 1. The molecule has 1 fully saturated rings. The third-order valence-electron chi connectivity index (χ3n) is 3.45. The van der Waals surface area contributed by atoms with Crippen molar-refractivity contribution >= 4 is 49.5 Å². The number of nitrogens with zero attached hydrogens (tertiary/aromatic N) is 1. The lowest BCUT2D eigenvalue weighted by atomic mass is 9.90. The van der Waals surface area contributed by atoms with E-state index in [2.05, 4.69) is 37.2 Å². The molecule has 1 atom stereocenters. The highest BCUT2D eigenvalue weighted by Crippen LogP contribution is 2.31. The van der Waals surface area contributed by atoms with Crippen LogP contribution in [0.5, 0.6) is 0 Å². The maximum Gasteiger partial charge on any atom is 0.321 e. The van der Waals surface area contributed by atoms with Crippen LogP contribution in [0.3, 0.4) is 0 Å². The molecule has 0 bridgehead atoms. The minimum Gasteiger partial charge on any atom is -0.481 e. The molecule has 2 amide bonds. The van der Waals surface area contributed by atoms with Gasteiger partial charge >= 0.3 is 12.0 Å². The minimum atomic E-state index is -0.863. The number of aliphatic carboxylic acids is 1. The summed E-state index contributed by atoms with van der Waals surface area (Å²) in [6.45, 7) is 2.34. The van der Waals surface area contributed by atoms with E-state index in [1.165, 1.54) is 4.90 Å². The van der Waals surface area contributed by atoms with Crippen molar-refractivity contribution in [1.29, 1.82) is 0 Å². The Kier molecular flexibility index (Phi) is 4.39. The molecule has 1 aromatic rings. The zero-order chi connectivity index (χ0) is 14.9. The Balaban J connectivity index is 2.05. The molecule has 1 aromatic carbocycles. The molecule has 1 heterocycles. The molecule has 0 aromatic heterocycles. The Morgan fingerprint density at radius 2 is 2.10 bits per heavy atom. The minimum absolute atomic E-state index is 0.225. The van der Waals surface area contributed by atoms with Crippen LogP contribution in [0.25, 0.3) is 0 Å². The van der Waals surface area contributed by atoms with Crippen molar-refractivity contribution < 1.29 is 14.7 Å². The number of benzene rings is 1. The second-order valence-corrected chi connectivity index (χ2v) is 6.86. The number of rotatable bonds is 2. The normalized spacial score (nSPS) is 21.9. The van der Waals surface area contributed by atoms with Gasteiger partial charge in [-0.15, -0.1) is 0 Å². The summed E-state index contributed by atoms with van der Waals surface area (Å²) in [4.78, 5) is 24.9. The number of carboxylic acid groups (broad SMARTS) is 1. The molecular formula is C13H14Br2N2O3. The molecular weight excluding hydrogens is 392 g/mol. The SMILES string of the molecule is CC1(C(=O)O)CCN(C(=O)Nc2ccc(Br)cc2Br)C1. The molecule has 0 aliphatic carbocycles. The number of nitrogens with one attached hydrogen (secondary N) is 1. The van der Waals surface area contributed by atoms with E-state index in [0.717, 1.165) is 8.95 Å². The van der Waals surface area contributed by atoms with E-state index in [1.54, 1.807) is 13.0 Å². The van der Waals surface area contributed by atoms with Gasteiger partial charge in [0.05, 0.1) is 11.1 Å². The molecule has 7 heteroatoms. The van der Waals surface area contributed by atoms with Crippen molar-refractivity contribution in [3.63, 3.8) is 0 Å². The Morgan fingerprint density at radius 1 is 1.40 bits per heavy atom. The Labute approximate surface area is 133 Å². The summed E-state index contributed by atoms with van der Waals surface area (Å²) in [5, 5.41) is 11.9. The summed E-state index contributed by atoms with van der Waals surface area (Å²) in [5.41, 5.74) is -0.198. The first-order valence-electron chi connectivity index (χ1n) is 6.06. The lowest BCUT2D eigenvalue weighted by Gasteiger charge is -2.20. The number of urea groups is 1. The molecule has 2 rings (SSSR count). The zero-order valence-electron chi connectivity index (χ0n) is 10.8. The number of hydrogen-bond acceptors (Lipinski definition) is 2. The smallest absolute Gasteiger partial charge is 0.321 e. The number of hydrogen-bond donors (Lipinski definition) is 2. The fourth-order valence-corrected chi connectivity index (χ4v) is 3.24. The van der Waals surface area contributed by atoms with Crippen LogP contribution in [0.1, 0.15) is 13.3 Å². The molecule has 1 aliphatic rings. The fraction of sp³-hybridized carbons (Fsp3) is 0.385. The summed E-state index contributed by atoms with van der Waals surface area (Å²) in [5.74, 6) is -0.863. The fourth-order valence-electron chi connectivity index (χ4n) is 2.09. The summed E-state index contributed by atoms with van der Waals surface area (Å²) < 4.78 is 1.67. The van der Waals surface area contributed by atoms with Gasteiger partial charge in [0.1, 0.15) is 0 Å². The molecule has 108 valence electrons. The van der Waals surface area contributed by atoms with Gasteiger partial charge in [0.25, 0.3) is 0 Å². The highest BCUT2D eigenvalue weighted by atomic mass is 79.9. The molecule has 0 saturated carbocycles. The van der Waals surface area contributed by atoms with E-state index >= 15 is 0 Å². The number of carbonyl (C=O) groups is 2. The maximum atomic E-state index is 12.2. The summed E-state index contributed by atoms with van der Waals surface area (Å²) in [7, 11) is 0. The average Bonchev–Trinajstić information content (AvgIpc) is 2.77. The van der Waals surface area contributed by atoms with Gasteiger partial charge in [0.2, 0.25) is 0 Å². The van der Waals surface area contributed by atoms with Crippen LogP contribution < -0.4 is 5.32 Å². The summed E-state index contributed by atoms with van der Waals surface area (Å²) in [6.07, 6.45) is 0.470. The van der Waals surface area contributed by atoms with Gasteiger partial charge in [-0.1, -0.05) is 15.9 Å². The van der Waals surface area contributed by atoms with Crippen LogP contribution in [0.15, 0.2) is 27.1 Å². The van der Waals surface area contributed by atoms with Gasteiger partial charge < -0.3 is 15.3 Å². The zero-order valence-corrected chi connectivity index (χ0v) is 14.0. The number of carboxylic acids is 1. The Hall–Kier alpha value is -1.08. The molecule has 2 N–H and O–H groups in total.